The predicted molar refractivity (Wildman–Crippen MR) is 153 cm³/mol. The second-order valence-corrected chi connectivity index (χ2v) is 9.99. The molecule has 0 spiro atoms. The van der Waals surface area contributed by atoms with Gasteiger partial charge in [-0.3, -0.25) is 14.4 Å². The average Bonchev–Trinajstić information content (AvgIpc) is 2.92. The number of unbranched alkanes of at least 4 members (excludes halogenated alkanes) is 7. The number of benzene rings is 2. The molecule has 1 atom stereocenters. The van der Waals surface area contributed by atoms with Crippen molar-refractivity contribution in [3.8, 4) is 5.75 Å². The Labute approximate surface area is 239 Å². The maximum atomic E-state index is 12.7. The van der Waals surface area contributed by atoms with Crippen LogP contribution in [0.25, 0.3) is 0 Å². The van der Waals surface area contributed by atoms with E-state index in [1.807, 2.05) is 0 Å². The monoisotopic (exact) mass is 574 g/mol. The molecule has 0 bridgehead atoms. The van der Waals surface area contributed by atoms with Crippen LogP contribution in [0, 0.1) is 0 Å². The molecule has 0 radical (unpaired) electrons. The van der Waals surface area contributed by atoms with Crippen molar-refractivity contribution in [2.24, 2.45) is 5.73 Å². The standard InChI is InChI=1S/C29H39ClN4O6/c30-24-17-21(27(37)33-18-20-10-9-11-22(35)16-20)13-14-23(24)28(38)34-25(29(39)40)19-32-26(36)12-7-5-3-1-2-4-6-8-15-31/h9-11,13-14,16-17,25,35H,1-8,12,15,18-19,31H2,(H,32,36)(H,33,37)(H,34,38)(H,39,40)/t25-/m0/s1. The molecule has 0 saturated carbocycles. The van der Waals surface area contributed by atoms with Crippen molar-refractivity contribution < 1.29 is 29.4 Å². The van der Waals surface area contributed by atoms with E-state index < -0.39 is 23.8 Å². The summed E-state index contributed by atoms with van der Waals surface area (Å²) in [5.41, 5.74) is 6.38. The highest BCUT2D eigenvalue weighted by Gasteiger charge is 2.23. The smallest absolute Gasteiger partial charge is 0.328 e. The van der Waals surface area contributed by atoms with Crippen LogP contribution in [0.3, 0.4) is 0 Å². The molecule has 0 unspecified atom stereocenters. The number of carboxylic acid groups (broad SMARTS) is 1. The Morgan fingerprint density at radius 3 is 2.15 bits per heavy atom. The second kappa shape index (κ2) is 17.9. The van der Waals surface area contributed by atoms with Gasteiger partial charge < -0.3 is 31.9 Å². The number of rotatable bonds is 18. The van der Waals surface area contributed by atoms with E-state index in [0.29, 0.717) is 12.0 Å². The van der Waals surface area contributed by atoms with Crippen molar-refractivity contribution in [3.63, 3.8) is 0 Å². The molecule has 7 N–H and O–H groups in total. The van der Waals surface area contributed by atoms with Gasteiger partial charge in [0.2, 0.25) is 5.91 Å². The number of carboxylic acids is 1. The molecule has 11 heteroatoms. The predicted octanol–water partition coefficient (Wildman–Crippen LogP) is 3.74. The number of nitrogens with one attached hydrogen (secondary N) is 3. The van der Waals surface area contributed by atoms with Crippen LogP contribution in [0.4, 0.5) is 0 Å². The number of nitrogens with two attached hydrogens (primary N) is 1. The van der Waals surface area contributed by atoms with Gasteiger partial charge in [-0.15, -0.1) is 0 Å². The summed E-state index contributed by atoms with van der Waals surface area (Å²) in [5.74, 6) is -2.68. The van der Waals surface area contributed by atoms with E-state index >= 15 is 0 Å². The Kier molecular flexibility index (Phi) is 14.5. The molecule has 0 aliphatic rings. The summed E-state index contributed by atoms with van der Waals surface area (Å²) in [4.78, 5) is 49.0. The molecule has 2 rings (SSSR count). The van der Waals surface area contributed by atoms with Crippen molar-refractivity contribution in [1.82, 2.24) is 16.0 Å². The average molecular weight is 575 g/mol. The van der Waals surface area contributed by atoms with E-state index in [2.05, 4.69) is 16.0 Å². The van der Waals surface area contributed by atoms with E-state index in [9.17, 15) is 29.4 Å². The van der Waals surface area contributed by atoms with Gasteiger partial charge >= 0.3 is 5.97 Å². The number of aromatic hydroxyl groups is 1. The normalized spacial score (nSPS) is 11.4. The van der Waals surface area contributed by atoms with Crippen LogP contribution >= 0.6 is 11.6 Å². The minimum Gasteiger partial charge on any atom is -0.508 e. The number of hydrogen-bond acceptors (Lipinski definition) is 6. The Morgan fingerprint density at radius 2 is 1.52 bits per heavy atom. The number of aliphatic carboxylic acids is 1. The zero-order valence-corrected chi connectivity index (χ0v) is 23.3. The minimum atomic E-state index is -1.36. The van der Waals surface area contributed by atoms with Crippen LogP contribution < -0.4 is 21.7 Å². The van der Waals surface area contributed by atoms with Crippen LogP contribution in [0.15, 0.2) is 42.5 Å². The van der Waals surface area contributed by atoms with Gasteiger partial charge in [-0.2, -0.15) is 0 Å². The van der Waals surface area contributed by atoms with Gasteiger partial charge in [0.15, 0.2) is 0 Å². The quantitative estimate of drug-likeness (QED) is 0.147. The fourth-order valence-corrected chi connectivity index (χ4v) is 4.29. The molecule has 0 fully saturated rings. The third-order valence-corrected chi connectivity index (χ3v) is 6.62. The van der Waals surface area contributed by atoms with Crippen molar-refractivity contribution in [2.75, 3.05) is 13.1 Å². The highest BCUT2D eigenvalue weighted by Crippen LogP contribution is 2.19. The molecule has 218 valence electrons. The first kappa shape index (κ1) is 32.6. The highest BCUT2D eigenvalue weighted by molar-refractivity contribution is 6.34. The van der Waals surface area contributed by atoms with Crippen molar-refractivity contribution >= 4 is 35.3 Å². The minimum absolute atomic E-state index is 0.00759. The van der Waals surface area contributed by atoms with E-state index in [-0.39, 0.29) is 47.3 Å². The molecule has 0 saturated heterocycles. The maximum absolute atomic E-state index is 12.7. The lowest BCUT2D eigenvalue weighted by molar-refractivity contribution is -0.139. The SMILES string of the molecule is NCCCCCCCCCCC(=O)NC[C@H](NC(=O)c1ccc(C(=O)NCc2cccc(O)c2)cc1Cl)C(=O)O. The Bertz CT molecular complexity index is 1140. The molecule has 10 nitrogen and oxygen atoms in total. The lowest BCUT2D eigenvalue weighted by atomic mass is 10.1. The molecule has 2 aromatic rings. The molecular weight excluding hydrogens is 536 g/mol. The van der Waals surface area contributed by atoms with Gasteiger partial charge in [0.1, 0.15) is 11.8 Å². The summed E-state index contributed by atoms with van der Waals surface area (Å²) in [6.07, 6.45) is 8.62. The van der Waals surface area contributed by atoms with Crippen molar-refractivity contribution in [3.05, 3.63) is 64.2 Å². The first-order chi connectivity index (χ1) is 19.2. The fourth-order valence-electron chi connectivity index (χ4n) is 4.02. The first-order valence-corrected chi connectivity index (χ1v) is 13.9. The van der Waals surface area contributed by atoms with E-state index in [1.165, 1.54) is 36.8 Å². The molecule has 0 aliphatic carbocycles. The van der Waals surface area contributed by atoms with Crippen LogP contribution in [0.2, 0.25) is 5.02 Å². The first-order valence-electron chi connectivity index (χ1n) is 13.6. The Balaban J connectivity index is 1.78. The van der Waals surface area contributed by atoms with Gasteiger partial charge in [0, 0.05) is 25.1 Å². The topological polar surface area (TPSA) is 171 Å². The second-order valence-electron chi connectivity index (χ2n) is 9.58. The molecule has 2 aromatic carbocycles. The number of carbonyl (C=O) groups excluding carboxylic acids is 3. The van der Waals surface area contributed by atoms with E-state index in [0.717, 1.165) is 45.1 Å². The molecule has 0 aromatic heterocycles. The van der Waals surface area contributed by atoms with Crippen molar-refractivity contribution in [1.29, 1.82) is 0 Å². The van der Waals surface area contributed by atoms with E-state index in [4.69, 9.17) is 17.3 Å². The van der Waals surface area contributed by atoms with Crippen LogP contribution in [-0.2, 0) is 16.1 Å². The Morgan fingerprint density at radius 1 is 0.850 bits per heavy atom. The summed E-state index contributed by atoms with van der Waals surface area (Å²) in [7, 11) is 0. The van der Waals surface area contributed by atoms with Crippen molar-refractivity contribution in [2.45, 2.75) is 70.4 Å². The van der Waals surface area contributed by atoms with Gasteiger partial charge in [0.05, 0.1) is 10.6 Å². The van der Waals surface area contributed by atoms with Gasteiger partial charge in [-0.05, 0) is 55.3 Å². The fraction of sp³-hybridized carbons (Fsp3) is 0.448. The summed E-state index contributed by atoms with van der Waals surface area (Å²) in [6, 6.07) is 9.14. The Hall–Kier alpha value is -3.63. The van der Waals surface area contributed by atoms with Gasteiger partial charge in [-0.1, -0.05) is 62.3 Å². The zero-order valence-electron chi connectivity index (χ0n) is 22.6. The van der Waals surface area contributed by atoms with E-state index in [1.54, 1.807) is 12.1 Å². The number of carbonyl (C=O) groups is 4. The molecular formula is C29H39ClN4O6. The lowest BCUT2D eigenvalue weighted by Gasteiger charge is -2.16. The van der Waals surface area contributed by atoms with Gasteiger partial charge in [-0.25, -0.2) is 4.79 Å². The summed E-state index contributed by atoms with van der Waals surface area (Å²) in [5, 5.41) is 26.6. The molecule has 40 heavy (non-hydrogen) atoms. The van der Waals surface area contributed by atoms with Crippen LogP contribution in [0.5, 0.6) is 5.75 Å². The molecule has 3 amide bonds. The van der Waals surface area contributed by atoms with Crippen LogP contribution in [0.1, 0.15) is 84.1 Å². The number of phenolic OH excluding ortho intramolecular Hbond substituents is 1. The zero-order chi connectivity index (χ0) is 29.3. The molecule has 0 aliphatic heterocycles. The summed E-state index contributed by atoms with van der Waals surface area (Å²) >= 11 is 6.23. The third kappa shape index (κ3) is 12.0. The molecule has 0 heterocycles. The number of hydrogen-bond donors (Lipinski definition) is 6. The number of halogens is 1. The lowest BCUT2D eigenvalue weighted by Crippen LogP contribution is -2.48. The summed E-state index contributed by atoms with van der Waals surface area (Å²) < 4.78 is 0. The number of amides is 3. The summed E-state index contributed by atoms with van der Waals surface area (Å²) in [6.45, 7) is 0.634. The maximum Gasteiger partial charge on any atom is 0.328 e. The largest absolute Gasteiger partial charge is 0.508 e. The third-order valence-electron chi connectivity index (χ3n) is 6.30. The van der Waals surface area contributed by atoms with Gasteiger partial charge in [0.25, 0.3) is 11.8 Å². The van der Waals surface area contributed by atoms with Crippen LogP contribution in [-0.4, -0.2) is 53.0 Å². The highest BCUT2D eigenvalue weighted by atomic mass is 35.5. The number of phenols is 1.